The van der Waals surface area contributed by atoms with Gasteiger partial charge in [-0.1, -0.05) is 26.8 Å². The summed E-state index contributed by atoms with van der Waals surface area (Å²) in [5.41, 5.74) is 4.56. The van der Waals surface area contributed by atoms with Gasteiger partial charge in [0.05, 0.1) is 0 Å². The highest BCUT2D eigenvalue weighted by Gasteiger charge is 2.10. The molecule has 0 saturated carbocycles. The number of carbonyl (C=O) groups excluding carboxylic acids is 1. The lowest BCUT2D eigenvalue weighted by molar-refractivity contribution is -0.118. The Kier molecular flexibility index (Phi) is 4.15. The Morgan fingerprint density at radius 2 is 1.91 bits per heavy atom. The smallest absolute Gasteiger partial charge is 0.227 e. The molecular weight excluding hydrogens is 288 g/mol. The van der Waals surface area contributed by atoms with E-state index in [4.69, 9.17) is 4.42 Å². The average Bonchev–Trinajstić information content (AvgIpc) is 2.98. The first-order valence-electron chi connectivity index (χ1n) is 7.87. The quantitative estimate of drug-likeness (QED) is 0.763. The molecule has 23 heavy (non-hydrogen) atoms. The number of amides is 1. The van der Waals surface area contributed by atoms with E-state index < -0.39 is 0 Å². The van der Waals surface area contributed by atoms with Crippen molar-refractivity contribution < 1.29 is 9.21 Å². The zero-order valence-electron chi connectivity index (χ0n) is 13.6. The monoisotopic (exact) mass is 308 g/mol. The highest BCUT2D eigenvalue weighted by atomic mass is 16.3. The zero-order chi connectivity index (χ0) is 16.4. The number of nitrogens with zero attached hydrogens (tertiary/aromatic N) is 1. The first-order chi connectivity index (χ1) is 11.1. The number of aryl methyl sites for hydroxylation is 1. The van der Waals surface area contributed by atoms with E-state index in [2.05, 4.69) is 29.4 Å². The van der Waals surface area contributed by atoms with Crippen LogP contribution < -0.4 is 5.32 Å². The molecule has 3 rings (SSSR count). The summed E-state index contributed by atoms with van der Waals surface area (Å²) in [6.45, 7) is 5.85. The normalized spacial score (nSPS) is 11.1. The molecule has 0 aliphatic rings. The predicted molar refractivity (Wildman–Crippen MR) is 92.3 cm³/mol. The van der Waals surface area contributed by atoms with Crippen LogP contribution in [-0.4, -0.2) is 10.9 Å². The van der Waals surface area contributed by atoms with E-state index in [9.17, 15) is 4.79 Å². The van der Waals surface area contributed by atoms with Crippen LogP contribution in [0.1, 0.15) is 26.3 Å². The van der Waals surface area contributed by atoms with Crippen molar-refractivity contribution in [3.63, 3.8) is 0 Å². The van der Waals surface area contributed by atoms with Crippen LogP contribution in [-0.2, 0) is 11.2 Å². The summed E-state index contributed by atoms with van der Waals surface area (Å²) in [6.07, 6.45) is 0.975. The molecule has 0 radical (unpaired) electrons. The van der Waals surface area contributed by atoms with Crippen LogP contribution in [0.3, 0.4) is 0 Å². The van der Waals surface area contributed by atoms with Gasteiger partial charge in [0.1, 0.15) is 5.52 Å². The maximum Gasteiger partial charge on any atom is 0.227 e. The molecule has 1 amide bonds. The molecule has 0 fully saturated rings. The van der Waals surface area contributed by atoms with Crippen molar-refractivity contribution in [2.24, 2.45) is 5.92 Å². The van der Waals surface area contributed by atoms with Crippen LogP contribution in [0.25, 0.3) is 22.6 Å². The third kappa shape index (κ3) is 3.26. The third-order valence-corrected chi connectivity index (χ3v) is 3.78. The van der Waals surface area contributed by atoms with E-state index in [1.54, 1.807) is 0 Å². The van der Waals surface area contributed by atoms with Crippen LogP contribution in [0.4, 0.5) is 5.69 Å². The van der Waals surface area contributed by atoms with E-state index >= 15 is 0 Å². The van der Waals surface area contributed by atoms with E-state index in [0.717, 1.165) is 28.8 Å². The van der Waals surface area contributed by atoms with Crippen molar-refractivity contribution in [1.82, 2.24) is 4.98 Å². The Morgan fingerprint density at radius 1 is 1.17 bits per heavy atom. The van der Waals surface area contributed by atoms with Crippen LogP contribution in [0.2, 0.25) is 0 Å². The van der Waals surface area contributed by atoms with Crippen molar-refractivity contribution in [3.8, 4) is 11.5 Å². The Labute approximate surface area is 135 Å². The summed E-state index contributed by atoms with van der Waals surface area (Å²) in [4.78, 5) is 16.3. The number of benzene rings is 2. The van der Waals surface area contributed by atoms with Gasteiger partial charge in [0, 0.05) is 17.2 Å². The molecule has 4 nitrogen and oxygen atoms in total. The van der Waals surface area contributed by atoms with Gasteiger partial charge in [-0.2, -0.15) is 0 Å². The largest absolute Gasteiger partial charge is 0.436 e. The maximum atomic E-state index is 11.7. The molecule has 0 bridgehead atoms. The average molecular weight is 308 g/mol. The lowest BCUT2D eigenvalue weighted by Gasteiger charge is -2.07. The molecule has 0 aliphatic heterocycles. The summed E-state index contributed by atoms with van der Waals surface area (Å²) < 4.78 is 5.81. The van der Waals surface area contributed by atoms with Crippen LogP contribution >= 0.6 is 0 Å². The number of rotatable bonds is 4. The highest BCUT2D eigenvalue weighted by molar-refractivity contribution is 5.92. The number of oxazole rings is 1. The number of anilines is 1. The second-order valence-corrected chi connectivity index (χ2v) is 5.90. The fourth-order valence-corrected chi connectivity index (χ4v) is 2.30. The SMILES string of the molecule is CCc1ccc2oc(-c3ccc(NC(=O)C(C)C)cc3)nc2c1. The summed E-state index contributed by atoms with van der Waals surface area (Å²) in [5.74, 6) is 0.557. The minimum Gasteiger partial charge on any atom is -0.436 e. The molecule has 3 aromatic rings. The Balaban J connectivity index is 1.85. The van der Waals surface area contributed by atoms with Gasteiger partial charge in [0.2, 0.25) is 11.8 Å². The lowest BCUT2D eigenvalue weighted by atomic mass is 10.1. The minimum atomic E-state index is -0.0422. The van der Waals surface area contributed by atoms with E-state index in [-0.39, 0.29) is 11.8 Å². The fourth-order valence-electron chi connectivity index (χ4n) is 2.30. The molecule has 0 aliphatic carbocycles. The molecule has 1 heterocycles. The van der Waals surface area contributed by atoms with Crippen LogP contribution in [0.15, 0.2) is 46.9 Å². The first-order valence-corrected chi connectivity index (χ1v) is 7.87. The second kappa shape index (κ2) is 6.24. The van der Waals surface area contributed by atoms with Gasteiger partial charge in [-0.25, -0.2) is 4.98 Å². The summed E-state index contributed by atoms with van der Waals surface area (Å²) in [7, 11) is 0. The van der Waals surface area contributed by atoms with Gasteiger partial charge in [-0.3, -0.25) is 4.79 Å². The number of carbonyl (C=O) groups is 1. The minimum absolute atomic E-state index is 0.00621. The first kappa shape index (κ1) is 15.3. The van der Waals surface area contributed by atoms with Crippen molar-refractivity contribution in [2.45, 2.75) is 27.2 Å². The Hall–Kier alpha value is -2.62. The summed E-state index contributed by atoms with van der Waals surface area (Å²) >= 11 is 0. The van der Waals surface area contributed by atoms with E-state index in [0.29, 0.717) is 5.89 Å². The number of nitrogens with one attached hydrogen (secondary N) is 1. The molecule has 118 valence electrons. The second-order valence-electron chi connectivity index (χ2n) is 5.90. The maximum absolute atomic E-state index is 11.7. The van der Waals surface area contributed by atoms with Gasteiger partial charge in [-0.15, -0.1) is 0 Å². The van der Waals surface area contributed by atoms with E-state index in [1.807, 2.05) is 44.2 Å². The molecular formula is C19H20N2O2. The zero-order valence-corrected chi connectivity index (χ0v) is 13.6. The highest BCUT2D eigenvalue weighted by Crippen LogP contribution is 2.26. The summed E-state index contributed by atoms with van der Waals surface area (Å²) in [5, 5.41) is 2.87. The topological polar surface area (TPSA) is 55.1 Å². The molecule has 0 spiro atoms. The molecule has 2 aromatic carbocycles. The standard InChI is InChI=1S/C19H20N2O2/c1-4-13-5-10-17-16(11-13)21-19(23-17)14-6-8-15(9-7-14)20-18(22)12(2)3/h5-12H,4H2,1-3H3,(H,20,22). The van der Waals surface area contributed by atoms with Gasteiger partial charge in [0.15, 0.2) is 5.58 Å². The van der Waals surface area contributed by atoms with Crippen molar-refractivity contribution in [3.05, 3.63) is 48.0 Å². The van der Waals surface area contributed by atoms with Crippen molar-refractivity contribution >= 4 is 22.7 Å². The Morgan fingerprint density at radius 3 is 2.57 bits per heavy atom. The Bertz CT molecular complexity index is 832. The van der Waals surface area contributed by atoms with Crippen molar-refractivity contribution in [2.75, 3.05) is 5.32 Å². The number of hydrogen-bond donors (Lipinski definition) is 1. The van der Waals surface area contributed by atoms with Gasteiger partial charge >= 0.3 is 0 Å². The van der Waals surface area contributed by atoms with Crippen molar-refractivity contribution in [1.29, 1.82) is 0 Å². The molecule has 0 atom stereocenters. The number of fused-ring (bicyclic) bond motifs is 1. The molecule has 1 aromatic heterocycles. The van der Waals surface area contributed by atoms with E-state index in [1.165, 1.54) is 5.56 Å². The van der Waals surface area contributed by atoms with Gasteiger partial charge in [-0.05, 0) is 48.4 Å². The van der Waals surface area contributed by atoms with Crippen LogP contribution in [0, 0.1) is 5.92 Å². The fraction of sp³-hybridized carbons (Fsp3) is 0.263. The third-order valence-electron chi connectivity index (χ3n) is 3.78. The predicted octanol–water partition coefficient (Wildman–Crippen LogP) is 4.65. The molecule has 1 N–H and O–H groups in total. The van der Waals surface area contributed by atoms with Gasteiger partial charge < -0.3 is 9.73 Å². The molecule has 0 saturated heterocycles. The molecule has 0 unspecified atom stereocenters. The van der Waals surface area contributed by atoms with Crippen LogP contribution in [0.5, 0.6) is 0 Å². The molecule has 4 heteroatoms. The number of hydrogen-bond acceptors (Lipinski definition) is 3. The van der Waals surface area contributed by atoms with Gasteiger partial charge in [0.25, 0.3) is 0 Å². The number of aromatic nitrogens is 1. The summed E-state index contributed by atoms with van der Waals surface area (Å²) in [6, 6.07) is 13.6. The lowest BCUT2D eigenvalue weighted by Crippen LogP contribution is -2.17.